The van der Waals surface area contributed by atoms with E-state index in [0.717, 1.165) is 33.2 Å². The Hall–Kier alpha value is -3.34. The summed E-state index contributed by atoms with van der Waals surface area (Å²) in [7, 11) is 1.95. The number of nitrogens with zero attached hydrogens (tertiary/aromatic N) is 2. The lowest BCUT2D eigenvalue weighted by molar-refractivity contribution is -0.116. The van der Waals surface area contributed by atoms with Gasteiger partial charge in [-0.15, -0.1) is 0 Å². The van der Waals surface area contributed by atoms with Crippen molar-refractivity contribution in [2.24, 2.45) is 7.05 Å². The van der Waals surface area contributed by atoms with Crippen LogP contribution >= 0.6 is 0 Å². The molecule has 3 aromatic carbocycles. The molecular formula is C22H21N3O2. The first-order valence-corrected chi connectivity index (χ1v) is 9.02. The second-order valence-corrected chi connectivity index (χ2v) is 6.54. The summed E-state index contributed by atoms with van der Waals surface area (Å²) < 4.78 is 7.84. The average Bonchev–Trinajstić information content (AvgIpc) is 3.05. The molecule has 0 fully saturated rings. The Morgan fingerprint density at radius 1 is 1.11 bits per heavy atom. The lowest BCUT2D eigenvalue weighted by Crippen LogP contribution is -2.12. The molecule has 1 aromatic heterocycles. The zero-order chi connectivity index (χ0) is 18.6. The number of imidazole rings is 1. The van der Waals surface area contributed by atoms with Crippen LogP contribution in [0.2, 0.25) is 0 Å². The first kappa shape index (κ1) is 17.1. The van der Waals surface area contributed by atoms with Crippen molar-refractivity contribution in [3.8, 4) is 5.75 Å². The van der Waals surface area contributed by atoms with E-state index in [1.165, 1.54) is 0 Å². The van der Waals surface area contributed by atoms with Crippen molar-refractivity contribution in [3.63, 3.8) is 0 Å². The molecule has 0 radical (unpaired) electrons. The molecule has 0 aliphatic carbocycles. The predicted molar refractivity (Wildman–Crippen MR) is 108 cm³/mol. The fourth-order valence-corrected chi connectivity index (χ4v) is 3.17. The van der Waals surface area contributed by atoms with Crippen molar-refractivity contribution in [2.75, 3.05) is 11.9 Å². The molecule has 27 heavy (non-hydrogen) atoms. The zero-order valence-corrected chi connectivity index (χ0v) is 15.2. The van der Waals surface area contributed by atoms with Gasteiger partial charge in [0.1, 0.15) is 5.75 Å². The topological polar surface area (TPSA) is 56.2 Å². The first-order valence-electron chi connectivity index (χ1n) is 9.02. The fraction of sp³-hybridized carbons (Fsp3) is 0.182. The van der Waals surface area contributed by atoms with Gasteiger partial charge in [-0.3, -0.25) is 4.79 Å². The Bertz CT molecular complexity index is 1100. The SMILES string of the molecule is Cn1cnc2cc(NC(=O)CCCOc3cccc4ccccc34)ccc21. The second kappa shape index (κ2) is 7.50. The number of nitrogens with one attached hydrogen (secondary N) is 1. The maximum Gasteiger partial charge on any atom is 0.224 e. The summed E-state index contributed by atoms with van der Waals surface area (Å²) >= 11 is 0. The minimum atomic E-state index is -0.0215. The number of carbonyl (C=O) groups is 1. The van der Waals surface area contributed by atoms with E-state index in [2.05, 4.69) is 22.4 Å². The number of rotatable bonds is 6. The molecule has 0 unspecified atom stereocenters. The number of aromatic nitrogens is 2. The van der Waals surface area contributed by atoms with Crippen LogP contribution in [0.25, 0.3) is 21.8 Å². The second-order valence-electron chi connectivity index (χ2n) is 6.54. The third-order valence-electron chi connectivity index (χ3n) is 4.56. The highest BCUT2D eigenvalue weighted by Gasteiger charge is 2.06. The minimum Gasteiger partial charge on any atom is -0.493 e. The molecule has 1 heterocycles. The number of aryl methyl sites for hydroxylation is 1. The number of benzene rings is 3. The first-order chi connectivity index (χ1) is 13.2. The van der Waals surface area contributed by atoms with Crippen LogP contribution in [0.1, 0.15) is 12.8 Å². The van der Waals surface area contributed by atoms with Gasteiger partial charge in [-0.2, -0.15) is 0 Å². The van der Waals surface area contributed by atoms with Crippen molar-refractivity contribution in [3.05, 3.63) is 67.0 Å². The van der Waals surface area contributed by atoms with Gasteiger partial charge in [0, 0.05) is 24.5 Å². The standard InChI is InChI=1S/C22H21N3O2/c1-25-15-23-19-14-17(11-12-20(19)25)24-22(26)10-5-13-27-21-9-4-7-16-6-2-3-8-18(16)21/h2-4,6-9,11-12,14-15H,5,10,13H2,1H3,(H,24,26). The number of amides is 1. The van der Waals surface area contributed by atoms with Gasteiger partial charge in [-0.1, -0.05) is 36.4 Å². The number of hydrogen-bond donors (Lipinski definition) is 1. The van der Waals surface area contributed by atoms with E-state index in [1.807, 2.05) is 60.1 Å². The molecule has 4 aromatic rings. The zero-order valence-electron chi connectivity index (χ0n) is 15.2. The van der Waals surface area contributed by atoms with Crippen LogP contribution in [0, 0.1) is 0 Å². The molecule has 0 saturated carbocycles. The van der Waals surface area contributed by atoms with Gasteiger partial charge in [0.25, 0.3) is 0 Å². The Labute approximate surface area is 157 Å². The Kier molecular flexibility index (Phi) is 4.75. The van der Waals surface area contributed by atoms with Crippen LogP contribution in [0.4, 0.5) is 5.69 Å². The van der Waals surface area contributed by atoms with Gasteiger partial charge >= 0.3 is 0 Å². The van der Waals surface area contributed by atoms with Crippen LogP contribution in [0.15, 0.2) is 67.0 Å². The molecule has 0 atom stereocenters. The van der Waals surface area contributed by atoms with Crippen molar-refractivity contribution >= 4 is 33.4 Å². The largest absolute Gasteiger partial charge is 0.493 e. The van der Waals surface area contributed by atoms with Gasteiger partial charge in [-0.25, -0.2) is 4.98 Å². The van der Waals surface area contributed by atoms with E-state index in [1.54, 1.807) is 6.33 Å². The quantitative estimate of drug-likeness (QED) is 0.515. The molecular weight excluding hydrogens is 338 g/mol. The Balaban J connectivity index is 1.30. The molecule has 0 bridgehead atoms. The van der Waals surface area contributed by atoms with Crippen LogP contribution < -0.4 is 10.1 Å². The highest BCUT2D eigenvalue weighted by atomic mass is 16.5. The normalized spacial score (nSPS) is 11.0. The fourth-order valence-electron chi connectivity index (χ4n) is 3.17. The smallest absolute Gasteiger partial charge is 0.224 e. The van der Waals surface area contributed by atoms with Gasteiger partial charge in [0.2, 0.25) is 5.91 Å². The van der Waals surface area contributed by atoms with E-state index >= 15 is 0 Å². The van der Waals surface area contributed by atoms with Crippen LogP contribution in [-0.4, -0.2) is 22.1 Å². The summed E-state index contributed by atoms with van der Waals surface area (Å²) in [5.41, 5.74) is 2.67. The van der Waals surface area contributed by atoms with Crippen LogP contribution in [0.3, 0.4) is 0 Å². The minimum absolute atomic E-state index is 0.0215. The van der Waals surface area contributed by atoms with Crippen LogP contribution in [0.5, 0.6) is 5.75 Å². The Morgan fingerprint density at radius 2 is 1.96 bits per heavy atom. The summed E-state index contributed by atoms with van der Waals surface area (Å²) in [6.45, 7) is 0.501. The molecule has 5 heteroatoms. The summed E-state index contributed by atoms with van der Waals surface area (Å²) in [5, 5.41) is 5.17. The highest BCUT2D eigenvalue weighted by Crippen LogP contribution is 2.25. The molecule has 136 valence electrons. The highest BCUT2D eigenvalue weighted by molar-refractivity contribution is 5.93. The van der Waals surface area contributed by atoms with E-state index in [4.69, 9.17) is 4.74 Å². The van der Waals surface area contributed by atoms with E-state index < -0.39 is 0 Å². The number of ether oxygens (including phenoxy) is 1. The molecule has 4 rings (SSSR count). The number of hydrogen-bond acceptors (Lipinski definition) is 3. The molecule has 5 nitrogen and oxygen atoms in total. The number of anilines is 1. The summed E-state index contributed by atoms with van der Waals surface area (Å²) in [5.74, 6) is 0.834. The third-order valence-corrected chi connectivity index (χ3v) is 4.56. The summed E-state index contributed by atoms with van der Waals surface area (Å²) in [6.07, 6.45) is 2.83. The van der Waals surface area contributed by atoms with E-state index in [-0.39, 0.29) is 5.91 Å². The molecule has 0 spiro atoms. The summed E-state index contributed by atoms with van der Waals surface area (Å²) in [6, 6.07) is 19.9. The van der Waals surface area contributed by atoms with Gasteiger partial charge in [-0.05, 0) is 36.1 Å². The third kappa shape index (κ3) is 3.77. The van der Waals surface area contributed by atoms with Crippen LogP contribution in [-0.2, 0) is 11.8 Å². The lowest BCUT2D eigenvalue weighted by atomic mass is 10.1. The predicted octanol–water partition coefficient (Wildman–Crippen LogP) is 4.52. The van der Waals surface area contributed by atoms with E-state index in [9.17, 15) is 4.79 Å². The monoisotopic (exact) mass is 359 g/mol. The number of fused-ring (bicyclic) bond motifs is 2. The lowest BCUT2D eigenvalue weighted by Gasteiger charge is -2.09. The van der Waals surface area contributed by atoms with Crippen molar-refractivity contribution in [2.45, 2.75) is 12.8 Å². The van der Waals surface area contributed by atoms with Crippen molar-refractivity contribution < 1.29 is 9.53 Å². The average molecular weight is 359 g/mol. The van der Waals surface area contributed by atoms with Crippen molar-refractivity contribution in [1.29, 1.82) is 0 Å². The maximum atomic E-state index is 12.2. The van der Waals surface area contributed by atoms with E-state index in [0.29, 0.717) is 19.4 Å². The molecule has 0 saturated heterocycles. The van der Waals surface area contributed by atoms with Gasteiger partial charge < -0.3 is 14.6 Å². The molecule has 1 amide bonds. The molecule has 1 N–H and O–H groups in total. The Morgan fingerprint density at radius 3 is 2.89 bits per heavy atom. The molecule has 0 aliphatic rings. The number of carbonyl (C=O) groups excluding carboxylic acids is 1. The maximum absolute atomic E-state index is 12.2. The van der Waals surface area contributed by atoms with Crippen molar-refractivity contribution in [1.82, 2.24) is 9.55 Å². The molecule has 0 aliphatic heterocycles. The van der Waals surface area contributed by atoms with Gasteiger partial charge in [0.15, 0.2) is 0 Å². The van der Waals surface area contributed by atoms with Gasteiger partial charge in [0.05, 0.1) is 24.0 Å². The summed E-state index contributed by atoms with van der Waals surface area (Å²) in [4.78, 5) is 16.5.